The van der Waals surface area contributed by atoms with Crippen LogP contribution in [0.5, 0.6) is 0 Å². The smallest absolute Gasteiger partial charge is 0.305 e. The molecular weight excluding hydrogens is 521 g/mol. The van der Waals surface area contributed by atoms with E-state index in [2.05, 4.69) is 5.32 Å². The van der Waals surface area contributed by atoms with Crippen molar-refractivity contribution in [1.82, 2.24) is 14.5 Å². The lowest BCUT2D eigenvalue weighted by atomic mass is 10.0. The molecule has 1 saturated heterocycles. The van der Waals surface area contributed by atoms with Crippen molar-refractivity contribution in [2.24, 2.45) is 0 Å². The summed E-state index contributed by atoms with van der Waals surface area (Å²) < 4.78 is 41.2. The van der Waals surface area contributed by atoms with Crippen LogP contribution < -0.4 is 5.32 Å². The predicted octanol–water partition coefficient (Wildman–Crippen LogP) is 2.62. The molecule has 2 N–H and O–H groups in total. The van der Waals surface area contributed by atoms with E-state index in [9.17, 15) is 32.3 Å². The van der Waals surface area contributed by atoms with Gasteiger partial charge in [-0.15, -0.1) is 11.3 Å². The quantitative estimate of drug-likeness (QED) is 0.426. The normalized spacial score (nSPS) is 16.9. The number of carbonyl (C=O) groups is 3. The zero-order chi connectivity index (χ0) is 26.6. The Morgan fingerprint density at radius 2 is 1.73 bits per heavy atom. The third kappa shape index (κ3) is 6.04. The van der Waals surface area contributed by atoms with Gasteiger partial charge in [0.1, 0.15) is 10.0 Å². The van der Waals surface area contributed by atoms with Crippen molar-refractivity contribution in [2.75, 3.05) is 13.1 Å². The molecule has 1 aliphatic heterocycles. The van der Waals surface area contributed by atoms with E-state index in [0.29, 0.717) is 11.1 Å². The molecule has 2 amide bonds. The van der Waals surface area contributed by atoms with Crippen LogP contribution in [0.15, 0.2) is 76.3 Å². The van der Waals surface area contributed by atoms with Crippen LogP contribution in [0.25, 0.3) is 0 Å². The van der Waals surface area contributed by atoms with E-state index in [4.69, 9.17) is 0 Å². The zero-order valence-electron chi connectivity index (χ0n) is 19.5. The minimum atomic E-state index is -4.13. The molecule has 1 aromatic heterocycles. The number of aliphatic carboxylic acids is 1. The third-order valence-electron chi connectivity index (χ3n) is 5.91. The number of sulfonamides is 1. The van der Waals surface area contributed by atoms with Crippen LogP contribution in [0.2, 0.25) is 0 Å². The molecule has 0 saturated carbocycles. The van der Waals surface area contributed by atoms with Gasteiger partial charge < -0.3 is 15.3 Å². The fourth-order valence-corrected chi connectivity index (χ4v) is 6.82. The molecule has 9 nitrogen and oxygen atoms in total. The number of carbonyl (C=O) groups excluding carboxylic acids is 2. The molecular formula is C25H24FN3O6S2. The first-order valence-corrected chi connectivity index (χ1v) is 13.6. The second-order valence-electron chi connectivity index (χ2n) is 8.38. The van der Waals surface area contributed by atoms with Gasteiger partial charge in [0.15, 0.2) is 6.17 Å². The fourth-order valence-electron chi connectivity index (χ4n) is 4.16. The predicted molar refractivity (Wildman–Crippen MR) is 133 cm³/mol. The number of hydrogen-bond acceptors (Lipinski definition) is 6. The van der Waals surface area contributed by atoms with E-state index in [-0.39, 0.29) is 23.7 Å². The van der Waals surface area contributed by atoms with Crippen molar-refractivity contribution < 1.29 is 32.3 Å². The van der Waals surface area contributed by atoms with Crippen molar-refractivity contribution in [2.45, 2.75) is 29.3 Å². The molecule has 1 fully saturated rings. The van der Waals surface area contributed by atoms with Gasteiger partial charge in [-0.05, 0) is 34.7 Å². The van der Waals surface area contributed by atoms with E-state index in [1.165, 1.54) is 23.1 Å². The summed E-state index contributed by atoms with van der Waals surface area (Å²) in [7, 11) is -4.13. The SMILES string of the molecule is O=C(O)CC(NC(=O)C1N(C(=O)Cc2ccccc2)CCN1S(=O)(=O)c1cccs1)c1ccc(F)cc1. The number of carboxylic acid groups (broad SMARTS) is 1. The van der Waals surface area contributed by atoms with Gasteiger partial charge in [0, 0.05) is 13.1 Å². The molecule has 0 bridgehead atoms. The Bertz CT molecular complexity index is 1370. The van der Waals surface area contributed by atoms with Gasteiger partial charge in [0.05, 0.1) is 18.9 Å². The van der Waals surface area contributed by atoms with Gasteiger partial charge >= 0.3 is 5.97 Å². The second-order valence-corrected chi connectivity index (χ2v) is 11.4. The number of carboxylic acids is 1. The van der Waals surface area contributed by atoms with Crippen molar-refractivity contribution in [3.63, 3.8) is 0 Å². The average Bonchev–Trinajstić information content (AvgIpc) is 3.56. The summed E-state index contributed by atoms with van der Waals surface area (Å²) >= 11 is 0.985. The Hall–Kier alpha value is -3.61. The lowest BCUT2D eigenvalue weighted by Crippen LogP contribution is -2.54. The highest BCUT2D eigenvalue weighted by molar-refractivity contribution is 7.91. The summed E-state index contributed by atoms with van der Waals surface area (Å²) in [6.45, 7) is -0.131. The molecule has 0 radical (unpaired) electrons. The van der Waals surface area contributed by atoms with Crippen LogP contribution in [0.3, 0.4) is 0 Å². The zero-order valence-corrected chi connectivity index (χ0v) is 21.1. The maximum Gasteiger partial charge on any atom is 0.305 e. The van der Waals surface area contributed by atoms with E-state index in [1.807, 2.05) is 0 Å². The Labute approximate surface area is 217 Å². The van der Waals surface area contributed by atoms with Crippen LogP contribution in [0.1, 0.15) is 23.6 Å². The molecule has 2 heterocycles. The van der Waals surface area contributed by atoms with Gasteiger partial charge in [0.25, 0.3) is 15.9 Å². The number of amides is 2. The summed E-state index contributed by atoms with van der Waals surface area (Å²) in [5.74, 6) is -3.06. The molecule has 1 aliphatic rings. The van der Waals surface area contributed by atoms with Crippen molar-refractivity contribution in [1.29, 1.82) is 0 Å². The molecule has 2 aromatic carbocycles. The Kier molecular flexibility index (Phi) is 8.00. The first-order chi connectivity index (χ1) is 17.7. The fraction of sp³-hybridized carbons (Fsp3) is 0.240. The Morgan fingerprint density at radius 1 is 1.03 bits per heavy atom. The molecule has 2 unspecified atom stereocenters. The number of halogens is 1. The number of thiophene rings is 1. The lowest BCUT2D eigenvalue weighted by Gasteiger charge is -2.30. The van der Waals surface area contributed by atoms with E-state index in [1.54, 1.807) is 41.8 Å². The van der Waals surface area contributed by atoms with Gasteiger partial charge in [-0.3, -0.25) is 14.4 Å². The minimum absolute atomic E-state index is 0.0169. The van der Waals surface area contributed by atoms with Crippen molar-refractivity contribution >= 4 is 39.1 Å². The molecule has 4 rings (SSSR count). The summed E-state index contributed by atoms with van der Waals surface area (Å²) in [4.78, 5) is 39.6. The Morgan fingerprint density at radius 3 is 2.35 bits per heavy atom. The monoisotopic (exact) mass is 545 g/mol. The maximum absolute atomic E-state index is 13.6. The molecule has 0 spiro atoms. The van der Waals surface area contributed by atoms with Gasteiger partial charge in [-0.25, -0.2) is 12.8 Å². The first-order valence-electron chi connectivity index (χ1n) is 11.3. The van der Waals surface area contributed by atoms with Gasteiger partial charge in [0.2, 0.25) is 5.91 Å². The summed E-state index contributed by atoms with van der Waals surface area (Å²) in [6, 6.07) is 15.7. The minimum Gasteiger partial charge on any atom is -0.481 e. The number of benzene rings is 2. The van der Waals surface area contributed by atoms with Crippen LogP contribution in [-0.2, 0) is 30.8 Å². The van der Waals surface area contributed by atoms with Gasteiger partial charge in [-0.2, -0.15) is 4.31 Å². The average molecular weight is 546 g/mol. The van der Waals surface area contributed by atoms with E-state index in [0.717, 1.165) is 27.8 Å². The highest BCUT2D eigenvalue weighted by atomic mass is 32.2. The molecule has 0 aliphatic carbocycles. The molecule has 2 atom stereocenters. The van der Waals surface area contributed by atoms with Crippen LogP contribution in [0, 0.1) is 5.82 Å². The van der Waals surface area contributed by atoms with Crippen LogP contribution in [0.4, 0.5) is 4.39 Å². The number of rotatable bonds is 9. The highest BCUT2D eigenvalue weighted by Gasteiger charge is 2.47. The second kappa shape index (κ2) is 11.2. The largest absolute Gasteiger partial charge is 0.481 e. The standard InChI is InChI=1S/C25H24FN3O6S2/c26-19-10-8-18(9-11-19)20(16-22(31)32)27-24(33)25-28(21(30)15-17-5-2-1-3-6-17)12-13-29(25)37(34,35)23-7-4-14-36-23/h1-11,14,20,25H,12-13,15-16H2,(H,27,33)(H,31,32). The third-order valence-corrected chi connectivity index (χ3v) is 9.13. The Balaban J connectivity index is 1.66. The number of hydrogen-bond donors (Lipinski definition) is 2. The van der Waals surface area contributed by atoms with Crippen molar-refractivity contribution in [3.8, 4) is 0 Å². The highest BCUT2D eigenvalue weighted by Crippen LogP contribution is 2.29. The maximum atomic E-state index is 13.6. The van der Waals surface area contributed by atoms with Crippen LogP contribution >= 0.6 is 11.3 Å². The molecule has 12 heteroatoms. The lowest BCUT2D eigenvalue weighted by molar-refractivity contribution is -0.141. The molecule has 3 aromatic rings. The topological polar surface area (TPSA) is 124 Å². The molecule has 194 valence electrons. The van der Waals surface area contributed by atoms with Crippen LogP contribution in [-0.4, -0.2) is 59.8 Å². The summed E-state index contributed by atoms with van der Waals surface area (Å²) in [5, 5.41) is 13.6. The van der Waals surface area contributed by atoms with E-state index >= 15 is 0 Å². The van der Waals surface area contributed by atoms with Crippen molar-refractivity contribution in [3.05, 3.63) is 89.1 Å². The molecule has 37 heavy (non-hydrogen) atoms. The number of nitrogens with zero attached hydrogens (tertiary/aromatic N) is 2. The number of nitrogens with one attached hydrogen (secondary N) is 1. The van der Waals surface area contributed by atoms with Gasteiger partial charge in [-0.1, -0.05) is 48.5 Å². The summed E-state index contributed by atoms with van der Waals surface area (Å²) in [5.41, 5.74) is 1.02. The first kappa shape index (κ1) is 26.5. The van der Waals surface area contributed by atoms with E-state index < -0.39 is 52.3 Å². The summed E-state index contributed by atoms with van der Waals surface area (Å²) in [6.07, 6.45) is -2.10.